The minimum absolute atomic E-state index is 0.00340. The smallest absolute Gasteiger partial charge is 0.188 e. The molecule has 0 heterocycles. The van der Waals surface area contributed by atoms with Crippen LogP contribution < -0.4 is 9.47 Å². The van der Waals surface area contributed by atoms with E-state index in [0.29, 0.717) is 11.5 Å². The van der Waals surface area contributed by atoms with Crippen LogP contribution in [0.25, 0.3) is 6.08 Å². The van der Waals surface area contributed by atoms with E-state index in [1.807, 2.05) is 6.07 Å². The number of ketones is 1. The Labute approximate surface area is 101 Å². The molecule has 0 aliphatic carbocycles. The summed E-state index contributed by atoms with van der Waals surface area (Å²) in [6.07, 6.45) is 3.23. The second-order valence-corrected chi connectivity index (χ2v) is 3.41. The molecule has 4 heteroatoms. The maximum atomic E-state index is 10.8. The predicted octanol–water partition coefficient (Wildman–Crippen LogP) is 2.28. The van der Waals surface area contributed by atoms with Crippen molar-refractivity contribution in [1.82, 2.24) is 0 Å². The monoisotopic (exact) mass is 236 g/mol. The van der Waals surface area contributed by atoms with Gasteiger partial charge in [-0.3, -0.25) is 4.79 Å². The lowest BCUT2D eigenvalue weighted by molar-refractivity contribution is -0.112. The number of benzene rings is 1. The van der Waals surface area contributed by atoms with Crippen molar-refractivity contribution < 1.29 is 19.0 Å². The molecule has 1 aromatic carbocycles. The van der Waals surface area contributed by atoms with E-state index < -0.39 is 0 Å². The van der Waals surface area contributed by atoms with E-state index in [2.05, 4.69) is 0 Å². The Bertz CT molecular complexity index is 410. The van der Waals surface area contributed by atoms with Gasteiger partial charge in [0.15, 0.2) is 24.1 Å². The molecule has 0 fully saturated rings. The van der Waals surface area contributed by atoms with Crippen LogP contribution in [0.4, 0.5) is 0 Å². The van der Waals surface area contributed by atoms with Gasteiger partial charge in [-0.05, 0) is 30.7 Å². The van der Waals surface area contributed by atoms with Crippen molar-refractivity contribution >= 4 is 11.9 Å². The Morgan fingerprint density at radius 1 is 1.29 bits per heavy atom. The van der Waals surface area contributed by atoms with Gasteiger partial charge in [0, 0.05) is 7.11 Å². The van der Waals surface area contributed by atoms with Gasteiger partial charge in [-0.2, -0.15) is 0 Å². The van der Waals surface area contributed by atoms with E-state index >= 15 is 0 Å². The Morgan fingerprint density at radius 3 is 2.65 bits per heavy atom. The summed E-state index contributed by atoms with van der Waals surface area (Å²) < 4.78 is 15.3. The van der Waals surface area contributed by atoms with Crippen LogP contribution in [0.15, 0.2) is 24.3 Å². The Hall–Kier alpha value is -1.81. The summed E-state index contributed by atoms with van der Waals surface area (Å²) in [5.74, 6) is 1.21. The molecule has 0 saturated carbocycles. The van der Waals surface area contributed by atoms with Gasteiger partial charge in [-0.1, -0.05) is 12.1 Å². The summed E-state index contributed by atoms with van der Waals surface area (Å²) in [5.41, 5.74) is 0.877. The maximum Gasteiger partial charge on any atom is 0.188 e. The normalized spacial score (nSPS) is 10.5. The van der Waals surface area contributed by atoms with Crippen molar-refractivity contribution in [1.29, 1.82) is 0 Å². The maximum absolute atomic E-state index is 10.8. The number of methoxy groups -OCH3 is 2. The fourth-order valence-electron chi connectivity index (χ4n) is 1.24. The highest BCUT2D eigenvalue weighted by atomic mass is 16.7. The van der Waals surface area contributed by atoms with Crippen LogP contribution in [0, 0.1) is 0 Å². The zero-order chi connectivity index (χ0) is 12.7. The van der Waals surface area contributed by atoms with E-state index in [0.717, 1.165) is 5.56 Å². The van der Waals surface area contributed by atoms with Gasteiger partial charge in [0.1, 0.15) is 0 Å². The van der Waals surface area contributed by atoms with Gasteiger partial charge in [-0.25, -0.2) is 0 Å². The zero-order valence-electron chi connectivity index (χ0n) is 10.2. The third-order valence-electron chi connectivity index (χ3n) is 2.03. The van der Waals surface area contributed by atoms with Gasteiger partial charge in [0.05, 0.1) is 7.11 Å². The standard InChI is InChI=1S/C13H16O4/c1-10(14)4-5-11-6-7-12(17-9-15-2)13(8-11)16-3/h4-8H,9H2,1-3H3. The predicted molar refractivity (Wildman–Crippen MR) is 65.2 cm³/mol. The minimum Gasteiger partial charge on any atom is -0.493 e. The molecule has 0 spiro atoms. The third-order valence-corrected chi connectivity index (χ3v) is 2.03. The van der Waals surface area contributed by atoms with E-state index in [9.17, 15) is 4.79 Å². The average Bonchev–Trinajstić information content (AvgIpc) is 2.34. The molecule has 0 radical (unpaired) electrons. The molecule has 4 nitrogen and oxygen atoms in total. The molecule has 0 saturated heterocycles. The van der Waals surface area contributed by atoms with Crippen molar-refractivity contribution in [2.24, 2.45) is 0 Å². The third kappa shape index (κ3) is 4.28. The highest BCUT2D eigenvalue weighted by Crippen LogP contribution is 2.28. The number of hydrogen-bond acceptors (Lipinski definition) is 4. The van der Waals surface area contributed by atoms with Gasteiger partial charge in [0.25, 0.3) is 0 Å². The molecular formula is C13H16O4. The molecule has 0 aliphatic heterocycles. The van der Waals surface area contributed by atoms with Crippen LogP contribution in [0.5, 0.6) is 11.5 Å². The van der Waals surface area contributed by atoms with E-state index in [-0.39, 0.29) is 12.6 Å². The van der Waals surface area contributed by atoms with E-state index in [1.54, 1.807) is 32.4 Å². The zero-order valence-corrected chi connectivity index (χ0v) is 10.2. The molecule has 1 aromatic rings. The van der Waals surface area contributed by atoms with Crippen molar-refractivity contribution in [2.75, 3.05) is 21.0 Å². The summed E-state index contributed by atoms with van der Waals surface area (Å²) in [4.78, 5) is 10.8. The molecule has 0 N–H and O–H groups in total. The molecule has 17 heavy (non-hydrogen) atoms. The highest BCUT2D eigenvalue weighted by Gasteiger charge is 2.04. The molecule has 0 amide bonds. The first kappa shape index (κ1) is 13.3. The fraction of sp³-hybridized carbons (Fsp3) is 0.308. The molecule has 0 atom stereocenters. The molecule has 0 aliphatic rings. The topological polar surface area (TPSA) is 44.8 Å². The van der Waals surface area contributed by atoms with E-state index in [4.69, 9.17) is 14.2 Å². The highest BCUT2D eigenvalue weighted by molar-refractivity contribution is 5.91. The second kappa shape index (κ2) is 6.70. The number of carbonyl (C=O) groups excluding carboxylic acids is 1. The lowest BCUT2D eigenvalue weighted by Crippen LogP contribution is -2.00. The van der Waals surface area contributed by atoms with Crippen LogP contribution in [0.2, 0.25) is 0 Å². The van der Waals surface area contributed by atoms with Crippen LogP contribution in [-0.4, -0.2) is 26.8 Å². The van der Waals surface area contributed by atoms with Crippen LogP contribution in [0.1, 0.15) is 12.5 Å². The van der Waals surface area contributed by atoms with Gasteiger partial charge in [-0.15, -0.1) is 0 Å². The number of carbonyl (C=O) groups is 1. The lowest BCUT2D eigenvalue weighted by atomic mass is 10.2. The molecule has 0 bridgehead atoms. The molecule has 0 unspecified atom stereocenters. The Morgan fingerprint density at radius 2 is 2.06 bits per heavy atom. The van der Waals surface area contributed by atoms with Crippen LogP contribution in [-0.2, 0) is 9.53 Å². The number of rotatable bonds is 6. The summed E-state index contributed by atoms with van der Waals surface area (Å²) >= 11 is 0. The van der Waals surface area contributed by atoms with Gasteiger partial charge >= 0.3 is 0 Å². The second-order valence-electron chi connectivity index (χ2n) is 3.41. The molecular weight excluding hydrogens is 220 g/mol. The number of allylic oxidation sites excluding steroid dienone is 1. The number of hydrogen-bond donors (Lipinski definition) is 0. The summed E-state index contributed by atoms with van der Waals surface area (Å²) in [6.45, 7) is 1.67. The minimum atomic E-state index is 0.00340. The molecule has 1 rings (SSSR count). The van der Waals surface area contributed by atoms with Crippen molar-refractivity contribution in [2.45, 2.75) is 6.92 Å². The summed E-state index contributed by atoms with van der Waals surface area (Å²) in [5, 5.41) is 0. The van der Waals surface area contributed by atoms with E-state index in [1.165, 1.54) is 13.0 Å². The Kier molecular flexibility index (Phi) is 5.23. The first-order chi connectivity index (χ1) is 8.17. The van der Waals surface area contributed by atoms with Gasteiger partial charge < -0.3 is 14.2 Å². The summed E-state index contributed by atoms with van der Waals surface area (Å²) in [6, 6.07) is 5.41. The van der Waals surface area contributed by atoms with Crippen LogP contribution >= 0.6 is 0 Å². The number of ether oxygens (including phenoxy) is 3. The SMILES string of the molecule is COCOc1ccc(C=CC(C)=O)cc1OC. The first-order valence-corrected chi connectivity index (χ1v) is 5.15. The first-order valence-electron chi connectivity index (χ1n) is 5.15. The largest absolute Gasteiger partial charge is 0.493 e. The average molecular weight is 236 g/mol. The molecule has 0 aromatic heterocycles. The van der Waals surface area contributed by atoms with Crippen molar-refractivity contribution in [3.63, 3.8) is 0 Å². The van der Waals surface area contributed by atoms with Crippen molar-refractivity contribution in [3.8, 4) is 11.5 Å². The van der Waals surface area contributed by atoms with Crippen molar-refractivity contribution in [3.05, 3.63) is 29.8 Å². The summed E-state index contributed by atoms with van der Waals surface area (Å²) in [7, 11) is 3.11. The Balaban J connectivity index is 2.87. The fourth-order valence-corrected chi connectivity index (χ4v) is 1.24. The van der Waals surface area contributed by atoms with Crippen LogP contribution in [0.3, 0.4) is 0 Å². The van der Waals surface area contributed by atoms with Gasteiger partial charge in [0.2, 0.25) is 0 Å². The lowest BCUT2D eigenvalue weighted by Gasteiger charge is -2.10. The quantitative estimate of drug-likeness (QED) is 0.561. The molecule has 92 valence electrons.